The van der Waals surface area contributed by atoms with Crippen LogP contribution in [0.15, 0.2) is 54.7 Å². The second-order valence-electron chi connectivity index (χ2n) is 8.18. The maximum Gasteiger partial charge on any atom is 0.251 e. The van der Waals surface area contributed by atoms with Crippen LogP contribution in [0, 0.1) is 0 Å². The number of hydrogen-bond acceptors (Lipinski definition) is 5. The summed E-state index contributed by atoms with van der Waals surface area (Å²) in [6, 6.07) is 16.1. The molecule has 1 aliphatic rings. The van der Waals surface area contributed by atoms with E-state index >= 15 is 0 Å². The molecule has 0 bridgehead atoms. The second kappa shape index (κ2) is 8.78. The predicted octanol–water partition coefficient (Wildman–Crippen LogP) is 3.58. The summed E-state index contributed by atoms with van der Waals surface area (Å²) in [6.45, 7) is 6.24. The molecule has 1 saturated heterocycles. The largest absolute Gasteiger partial charge is 0.352 e. The van der Waals surface area contributed by atoms with Gasteiger partial charge in [-0.05, 0) is 38.2 Å². The first-order valence-electron chi connectivity index (χ1n) is 10.8. The summed E-state index contributed by atoms with van der Waals surface area (Å²) in [6.07, 6.45) is 3.05. The van der Waals surface area contributed by atoms with E-state index in [4.69, 9.17) is 4.98 Å². The van der Waals surface area contributed by atoms with Crippen molar-refractivity contribution >= 4 is 32.4 Å². The maximum atomic E-state index is 12.6. The predicted molar refractivity (Wildman–Crippen MR) is 127 cm³/mol. The number of hydrogen-bond donors (Lipinski definition) is 1. The lowest BCUT2D eigenvalue weighted by atomic mass is 10.2. The smallest absolute Gasteiger partial charge is 0.251 e. The van der Waals surface area contributed by atoms with Gasteiger partial charge in [-0.1, -0.05) is 41.7 Å². The quantitative estimate of drug-likeness (QED) is 0.472. The van der Waals surface area contributed by atoms with Crippen molar-refractivity contribution in [1.82, 2.24) is 24.5 Å². The van der Waals surface area contributed by atoms with E-state index in [0.717, 1.165) is 65.6 Å². The summed E-state index contributed by atoms with van der Waals surface area (Å²) < 4.78 is 3.19. The van der Waals surface area contributed by atoms with Gasteiger partial charge < -0.3 is 15.1 Å². The molecule has 3 heterocycles. The van der Waals surface area contributed by atoms with Crippen molar-refractivity contribution in [1.29, 1.82) is 0 Å². The van der Waals surface area contributed by atoms with E-state index in [-0.39, 0.29) is 5.91 Å². The van der Waals surface area contributed by atoms with Crippen molar-refractivity contribution in [3.05, 3.63) is 60.3 Å². The van der Waals surface area contributed by atoms with E-state index < -0.39 is 0 Å². The number of nitrogens with one attached hydrogen (secondary N) is 1. The van der Waals surface area contributed by atoms with E-state index in [2.05, 4.69) is 44.9 Å². The molecule has 160 valence electrons. The Labute approximate surface area is 186 Å². The van der Waals surface area contributed by atoms with Crippen LogP contribution in [-0.2, 0) is 0 Å². The standard InChI is InChI=1S/C24H27N5OS/c1-27-12-14-28(15-13-27)11-5-10-25-23(30)19-8-9-21-22(16-19)31-24-26-20(17-29(21)24)18-6-3-2-4-7-18/h2-4,6-9,16-17H,5,10-15H2,1H3,(H,25,30). The molecule has 0 aliphatic carbocycles. The SMILES string of the molecule is CN1CCN(CCCNC(=O)c2ccc3c(c2)sc2nc(-c4ccccc4)cn23)CC1. The Morgan fingerprint density at radius 2 is 1.90 bits per heavy atom. The molecule has 1 fully saturated rings. The van der Waals surface area contributed by atoms with Crippen LogP contribution < -0.4 is 5.32 Å². The Morgan fingerprint density at radius 3 is 2.71 bits per heavy atom. The molecule has 0 atom stereocenters. The van der Waals surface area contributed by atoms with E-state index in [1.54, 1.807) is 11.3 Å². The highest BCUT2D eigenvalue weighted by Crippen LogP contribution is 2.30. The lowest BCUT2D eigenvalue weighted by Gasteiger charge is -2.32. The molecule has 31 heavy (non-hydrogen) atoms. The fourth-order valence-electron chi connectivity index (χ4n) is 4.07. The fraction of sp³-hybridized carbons (Fsp3) is 0.333. The molecule has 1 aliphatic heterocycles. The van der Waals surface area contributed by atoms with Gasteiger partial charge in [0, 0.05) is 50.0 Å². The maximum absolute atomic E-state index is 12.6. The van der Waals surface area contributed by atoms with Crippen LogP contribution >= 0.6 is 11.3 Å². The van der Waals surface area contributed by atoms with E-state index in [0.29, 0.717) is 12.1 Å². The van der Waals surface area contributed by atoms with Crippen molar-refractivity contribution in [3.8, 4) is 11.3 Å². The van der Waals surface area contributed by atoms with Crippen molar-refractivity contribution in [2.24, 2.45) is 0 Å². The number of nitrogens with zero attached hydrogens (tertiary/aromatic N) is 4. The summed E-state index contributed by atoms with van der Waals surface area (Å²) in [7, 11) is 2.17. The first-order valence-corrected chi connectivity index (χ1v) is 11.7. The lowest BCUT2D eigenvalue weighted by molar-refractivity contribution is 0.0949. The zero-order valence-corrected chi connectivity index (χ0v) is 18.6. The molecule has 4 aromatic rings. The van der Waals surface area contributed by atoms with E-state index in [1.807, 2.05) is 36.4 Å². The molecule has 2 aromatic carbocycles. The Hall–Kier alpha value is -2.74. The third-order valence-corrected chi connectivity index (χ3v) is 6.98. The lowest BCUT2D eigenvalue weighted by Crippen LogP contribution is -2.45. The minimum Gasteiger partial charge on any atom is -0.352 e. The minimum atomic E-state index is -0.00343. The van der Waals surface area contributed by atoms with E-state index in [9.17, 15) is 4.79 Å². The van der Waals surface area contributed by atoms with Crippen LogP contribution in [0.4, 0.5) is 0 Å². The van der Waals surface area contributed by atoms with Gasteiger partial charge in [0.15, 0.2) is 4.96 Å². The molecule has 0 spiro atoms. The highest BCUT2D eigenvalue weighted by Gasteiger charge is 2.14. The number of piperazine rings is 1. The number of amides is 1. The number of carbonyl (C=O) groups is 1. The van der Waals surface area contributed by atoms with Gasteiger partial charge in [-0.3, -0.25) is 9.20 Å². The molecule has 7 heteroatoms. The Morgan fingerprint density at radius 1 is 1.10 bits per heavy atom. The number of carbonyl (C=O) groups excluding carboxylic acids is 1. The molecule has 0 radical (unpaired) electrons. The average molecular weight is 434 g/mol. The third kappa shape index (κ3) is 4.35. The van der Waals surface area contributed by atoms with Gasteiger partial charge in [-0.15, -0.1) is 0 Å². The third-order valence-electron chi connectivity index (χ3n) is 5.96. The summed E-state index contributed by atoms with van der Waals surface area (Å²) in [4.78, 5) is 23.2. The monoisotopic (exact) mass is 433 g/mol. The Kier molecular flexibility index (Phi) is 5.72. The van der Waals surface area contributed by atoms with Crippen molar-refractivity contribution in [2.45, 2.75) is 6.42 Å². The van der Waals surface area contributed by atoms with Gasteiger partial charge >= 0.3 is 0 Å². The highest BCUT2D eigenvalue weighted by molar-refractivity contribution is 7.23. The van der Waals surface area contributed by atoms with Crippen LogP contribution in [0.2, 0.25) is 0 Å². The van der Waals surface area contributed by atoms with Crippen LogP contribution in [0.5, 0.6) is 0 Å². The van der Waals surface area contributed by atoms with Crippen LogP contribution in [0.25, 0.3) is 26.4 Å². The highest BCUT2D eigenvalue weighted by atomic mass is 32.1. The van der Waals surface area contributed by atoms with Crippen molar-refractivity contribution in [2.75, 3.05) is 46.3 Å². The minimum absolute atomic E-state index is 0.00343. The van der Waals surface area contributed by atoms with Gasteiger partial charge in [-0.2, -0.15) is 0 Å². The second-order valence-corrected chi connectivity index (χ2v) is 9.19. The van der Waals surface area contributed by atoms with Crippen molar-refractivity contribution < 1.29 is 4.79 Å². The number of likely N-dealkylation sites (N-methyl/N-ethyl adjacent to an activating group) is 1. The molecule has 0 unspecified atom stereocenters. The van der Waals surface area contributed by atoms with Gasteiger partial charge in [0.2, 0.25) is 0 Å². The molecular formula is C24H27N5OS. The number of thiazole rings is 1. The van der Waals surface area contributed by atoms with Gasteiger partial charge in [0.05, 0.1) is 15.9 Å². The van der Waals surface area contributed by atoms with Gasteiger partial charge in [0.25, 0.3) is 5.91 Å². The van der Waals surface area contributed by atoms with Crippen LogP contribution in [0.3, 0.4) is 0 Å². The summed E-state index contributed by atoms with van der Waals surface area (Å²) in [5.41, 5.74) is 3.87. The molecule has 1 N–H and O–H groups in total. The zero-order valence-electron chi connectivity index (χ0n) is 17.8. The normalized spacial score (nSPS) is 15.6. The number of fused-ring (bicyclic) bond motifs is 3. The first-order chi connectivity index (χ1) is 15.2. The molecule has 6 nitrogen and oxygen atoms in total. The molecule has 1 amide bonds. The summed E-state index contributed by atoms with van der Waals surface area (Å²) in [5.74, 6) is -0.00343. The molecular weight excluding hydrogens is 406 g/mol. The topological polar surface area (TPSA) is 52.9 Å². The number of rotatable bonds is 6. The Bertz CT molecular complexity index is 1190. The summed E-state index contributed by atoms with van der Waals surface area (Å²) >= 11 is 1.62. The number of benzene rings is 2. The molecule has 2 aromatic heterocycles. The molecule has 5 rings (SSSR count). The average Bonchev–Trinajstić information content (AvgIpc) is 3.36. The number of aromatic nitrogens is 2. The first kappa shape index (κ1) is 20.2. The number of imidazole rings is 1. The summed E-state index contributed by atoms with van der Waals surface area (Å²) in [5, 5.41) is 3.08. The van der Waals surface area contributed by atoms with E-state index in [1.165, 1.54) is 0 Å². The molecule has 0 saturated carbocycles. The zero-order chi connectivity index (χ0) is 21.2. The van der Waals surface area contributed by atoms with Gasteiger partial charge in [0.1, 0.15) is 0 Å². The van der Waals surface area contributed by atoms with Gasteiger partial charge in [-0.25, -0.2) is 4.98 Å². The van der Waals surface area contributed by atoms with Crippen LogP contribution in [-0.4, -0.2) is 71.4 Å². The van der Waals surface area contributed by atoms with Crippen molar-refractivity contribution in [3.63, 3.8) is 0 Å². The van der Waals surface area contributed by atoms with Crippen LogP contribution in [0.1, 0.15) is 16.8 Å². The fourth-order valence-corrected chi connectivity index (χ4v) is 5.12. The Balaban J connectivity index is 1.22.